The number of carbonyl (C=O) groups excluding carboxylic acids is 1. The van der Waals surface area contributed by atoms with E-state index in [1.165, 1.54) is 0 Å². The molecule has 1 aliphatic rings. The van der Waals surface area contributed by atoms with Crippen LogP contribution in [-0.2, 0) is 9.53 Å². The lowest BCUT2D eigenvalue weighted by Gasteiger charge is -2.05. The second-order valence-electron chi connectivity index (χ2n) is 3.29. The first-order chi connectivity index (χ1) is 5.22. The molecule has 0 aromatic heterocycles. The van der Waals surface area contributed by atoms with Crippen molar-refractivity contribution in [1.29, 1.82) is 0 Å². The molecule has 0 saturated carbocycles. The maximum Gasteiger partial charge on any atom is 0.135 e. The van der Waals surface area contributed by atoms with Gasteiger partial charge in [0.1, 0.15) is 5.78 Å². The normalized spacial score (nSPS) is 28.5. The molecule has 64 valence electrons. The van der Waals surface area contributed by atoms with Crippen LogP contribution in [0.25, 0.3) is 0 Å². The molecule has 1 aliphatic heterocycles. The molecule has 0 amide bonds. The van der Waals surface area contributed by atoms with Gasteiger partial charge < -0.3 is 4.74 Å². The Labute approximate surface area is 67.9 Å². The molecule has 2 heteroatoms. The smallest absolute Gasteiger partial charge is 0.135 e. The van der Waals surface area contributed by atoms with E-state index in [9.17, 15) is 4.79 Å². The van der Waals surface area contributed by atoms with Crippen molar-refractivity contribution in [3.63, 3.8) is 0 Å². The molecule has 1 atom stereocenters. The van der Waals surface area contributed by atoms with Gasteiger partial charge in [-0.25, -0.2) is 0 Å². The van der Waals surface area contributed by atoms with Crippen molar-refractivity contribution in [2.75, 3.05) is 6.61 Å². The molecule has 2 nitrogen and oxygen atoms in total. The second kappa shape index (κ2) is 3.35. The van der Waals surface area contributed by atoms with Gasteiger partial charge in [-0.15, -0.1) is 0 Å². The van der Waals surface area contributed by atoms with Gasteiger partial charge in [0.2, 0.25) is 0 Å². The molecule has 0 spiro atoms. The van der Waals surface area contributed by atoms with Crippen LogP contribution in [0.1, 0.15) is 39.5 Å². The van der Waals surface area contributed by atoms with Crippen LogP contribution >= 0.6 is 0 Å². The summed E-state index contributed by atoms with van der Waals surface area (Å²) in [6.07, 6.45) is 3.28. The Kier molecular flexibility index (Phi) is 2.66. The number of ether oxygens (including phenoxy) is 1. The zero-order chi connectivity index (χ0) is 8.32. The number of ketones is 1. The van der Waals surface area contributed by atoms with Crippen LogP contribution in [0.5, 0.6) is 0 Å². The summed E-state index contributed by atoms with van der Waals surface area (Å²) in [7, 11) is 0. The highest BCUT2D eigenvalue weighted by Gasteiger charge is 2.43. The van der Waals surface area contributed by atoms with Crippen molar-refractivity contribution in [3.8, 4) is 0 Å². The van der Waals surface area contributed by atoms with E-state index in [0.717, 1.165) is 19.4 Å². The van der Waals surface area contributed by atoms with Crippen LogP contribution in [0.15, 0.2) is 0 Å². The van der Waals surface area contributed by atoms with E-state index in [4.69, 9.17) is 4.74 Å². The Morgan fingerprint density at radius 2 is 2.18 bits per heavy atom. The average molecular weight is 156 g/mol. The minimum Gasteiger partial charge on any atom is -0.369 e. The fourth-order valence-electron chi connectivity index (χ4n) is 1.26. The highest BCUT2D eigenvalue weighted by Crippen LogP contribution is 2.34. The molecule has 11 heavy (non-hydrogen) atoms. The number of epoxide rings is 1. The van der Waals surface area contributed by atoms with Crippen molar-refractivity contribution in [1.82, 2.24) is 0 Å². The van der Waals surface area contributed by atoms with E-state index in [-0.39, 0.29) is 5.60 Å². The molecular formula is C9H16O2. The van der Waals surface area contributed by atoms with Gasteiger partial charge in [-0.05, 0) is 12.8 Å². The first kappa shape index (κ1) is 8.72. The van der Waals surface area contributed by atoms with Gasteiger partial charge in [-0.2, -0.15) is 0 Å². The van der Waals surface area contributed by atoms with E-state index in [0.29, 0.717) is 18.6 Å². The van der Waals surface area contributed by atoms with Crippen LogP contribution in [-0.4, -0.2) is 18.0 Å². The van der Waals surface area contributed by atoms with Gasteiger partial charge in [0, 0.05) is 12.8 Å². The van der Waals surface area contributed by atoms with E-state index in [1.54, 1.807) is 0 Å². The maximum atomic E-state index is 11.2. The van der Waals surface area contributed by atoms with Gasteiger partial charge >= 0.3 is 0 Å². The van der Waals surface area contributed by atoms with Crippen LogP contribution in [0.4, 0.5) is 0 Å². The van der Waals surface area contributed by atoms with Crippen LogP contribution in [0.3, 0.4) is 0 Å². The summed E-state index contributed by atoms with van der Waals surface area (Å²) < 4.78 is 5.24. The number of hydrogen-bond donors (Lipinski definition) is 0. The van der Waals surface area contributed by atoms with Crippen LogP contribution < -0.4 is 0 Å². The van der Waals surface area contributed by atoms with Gasteiger partial charge in [-0.3, -0.25) is 4.79 Å². The molecule has 1 unspecified atom stereocenters. The van der Waals surface area contributed by atoms with Crippen molar-refractivity contribution in [3.05, 3.63) is 0 Å². The molecular weight excluding hydrogens is 140 g/mol. The molecule has 0 aliphatic carbocycles. The third kappa shape index (κ3) is 2.29. The average Bonchev–Trinajstić information content (AvgIpc) is 2.70. The largest absolute Gasteiger partial charge is 0.369 e. The molecule has 1 fully saturated rings. The highest BCUT2D eigenvalue weighted by molar-refractivity contribution is 5.79. The number of carbonyl (C=O) groups is 1. The van der Waals surface area contributed by atoms with Gasteiger partial charge in [-0.1, -0.05) is 13.8 Å². The summed E-state index contributed by atoms with van der Waals surface area (Å²) in [6.45, 7) is 4.90. The zero-order valence-corrected chi connectivity index (χ0v) is 7.35. The first-order valence-corrected chi connectivity index (χ1v) is 4.38. The van der Waals surface area contributed by atoms with Gasteiger partial charge in [0.25, 0.3) is 0 Å². The predicted molar refractivity (Wildman–Crippen MR) is 43.5 cm³/mol. The molecule has 1 rings (SSSR count). The molecule has 1 saturated heterocycles. The minimum atomic E-state index is -0.0355. The second-order valence-corrected chi connectivity index (χ2v) is 3.29. The Morgan fingerprint density at radius 1 is 1.55 bits per heavy atom. The van der Waals surface area contributed by atoms with Crippen molar-refractivity contribution in [2.45, 2.75) is 45.1 Å². The summed E-state index contributed by atoms with van der Waals surface area (Å²) in [5.74, 6) is 0.354. The fraction of sp³-hybridized carbons (Fsp3) is 0.889. The van der Waals surface area contributed by atoms with Crippen molar-refractivity contribution < 1.29 is 9.53 Å². The Bertz CT molecular complexity index is 148. The summed E-state index contributed by atoms with van der Waals surface area (Å²) >= 11 is 0. The van der Waals surface area contributed by atoms with E-state index in [2.05, 4.69) is 6.92 Å². The summed E-state index contributed by atoms with van der Waals surface area (Å²) in [4.78, 5) is 11.2. The Hall–Kier alpha value is -0.370. The van der Waals surface area contributed by atoms with Crippen LogP contribution in [0.2, 0.25) is 0 Å². The number of Topliss-reactive ketones (excluding diaryl/α,β-unsaturated/α-hetero) is 1. The standard InChI is InChI=1S/C9H16O2/c1-3-5-8(10)6-9(4-2)7-11-9/h3-7H2,1-2H3. The van der Waals surface area contributed by atoms with Crippen molar-refractivity contribution >= 4 is 5.78 Å². The third-order valence-electron chi connectivity index (χ3n) is 2.25. The highest BCUT2D eigenvalue weighted by atomic mass is 16.6. The number of hydrogen-bond acceptors (Lipinski definition) is 2. The molecule has 0 aromatic rings. The molecule has 0 radical (unpaired) electrons. The summed E-state index contributed by atoms with van der Waals surface area (Å²) in [6, 6.07) is 0. The molecule has 0 aromatic carbocycles. The quantitative estimate of drug-likeness (QED) is 0.569. The lowest BCUT2D eigenvalue weighted by atomic mass is 9.99. The predicted octanol–water partition coefficient (Wildman–Crippen LogP) is 1.92. The molecule has 0 bridgehead atoms. The lowest BCUT2D eigenvalue weighted by molar-refractivity contribution is -0.120. The summed E-state index contributed by atoms with van der Waals surface area (Å²) in [5.41, 5.74) is -0.0355. The SMILES string of the molecule is CCCC(=O)CC1(CC)CO1. The van der Waals surface area contributed by atoms with E-state index in [1.807, 2.05) is 6.92 Å². The molecule has 1 heterocycles. The lowest BCUT2D eigenvalue weighted by Crippen LogP contribution is -2.15. The Morgan fingerprint density at radius 3 is 2.55 bits per heavy atom. The molecule has 0 N–H and O–H groups in total. The number of rotatable bonds is 5. The monoisotopic (exact) mass is 156 g/mol. The third-order valence-corrected chi connectivity index (χ3v) is 2.25. The topological polar surface area (TPSA) is 29.6 Å². The van der Waals surface area contributed by atoms with Gasteiger partial charge in [0.15, 0.2) is 0 Å². The fourth-order valence-corrected chi connectivity index (χ4v) is 1.26. The van der Waals surface area contributed by atoms with E-state index < -0.39 is 0 Å². The minimum absolute atomic E-state index is 0.0355. The van der Waals surface area contributed by atoms with E-state index >= 15 is 0 Å². The maximum absolute atomic E-state index is 11.2. The zero-order valence-electron chi connectivity index (χ0n) is 7.35. The summed E-state index contributed by atoms with van der Waals surface area (Å²) in [5, 5.41) is 0. The first-order valence-electron chi connectivity index (χ1n) is 4.38. The van der Waals surface area contributed by atoms with Crippen LogP contribution in [0, 0.1) is 0 Å². The van der Waals surface area contributed by atoms with Gasteiger partial charge in [0.05, 0.1) is 12.2 Å². The Balaban J connectivity index is 2.24. The van der Waals surface area contributed by atoms with Crippen molar-refractivity contribution in [2.24, 2.45) is 0 Å².